The number of amides is 2. The minimum atomic E-state index is -0.237. The molecule has 25 heavy (non-hydrogen) atoms. The van der Waals surface area contributed by atoms with Crippen LogP contribution in [0.3, 0.4) is 0 Å². The van der Waals surface area contributed by atoms with Crippen molar-refractivity contribution in [3.63, 3.8) is 0 Å². The summed E-state index contributed by atoms with van der Waals surface area (Å²) in [5.41, 5.74) is 1.30. The number of aliphatic hydroxyl groups is 1. The molecule has 0 aromatic heterocycles. The Labute approximate surface area is 148 Å². The number of aliphatic hydroxyl groups excluding tert-OH is 1. The maximum atomic E-state index is 12.2. The van der Waals surface area contributed by atoms with Crippen LogP contribution in [0.5, 0.6) is 0 Å². The van der Waals surface area contributed by atoms with E-state index < -0.39 is 0 Å². The van der Waals surface area contributed by atoms with Gasteiger partial charge in [-0.2, -0.15) is 0 Å². The molecule has 1 aromatic carbocycles. The fraction of sp³-hybridized carbons (Fsp3) is 0.556. The smallest absolute Gasteiger partial charge is 0.251 e. The average molecular weight is 349 g/mol. The summed E-state index contributed by atoms with van der Waals surface area (Å²) in [4.78, 5) is 26.1. The predicted molar refractivity (Wildman–Crippen MR) is 95.6 cm³/mol. The molecule has 7 heteroatoms. The van der Waals surface area contributed by atoms with E-state index in [4.69, 9.17) is 9.84 Å². The monoisotopic (exact) mass is 349 g/mol. The van der Waals surface area contributed by atoms with E-state index in [0.717, 1.165) is 5.69 Å². The van der Waals surface area contributed by atoms with E-state index in [2.05, 4.69) is 10.6 Å². The first kappa shape index (κ1) is 19.2. The van der Waals surface area contributed by atoms with Crippen molar-refractivity contribution in [2.45, 2.75) is 32.4 Å². The van der Waals surface area contributed by atoms with Crippen LogP contribution in [-0.2, 0) is 9.53 Å². The third-order valence-corrected chi connectivity index (χ3v) is 4.23. The molecule has 1 aliphatic heterocycles. The fourth-order valence-electron chi connectivity index (χ4n) is 2.62. The van der Waals surface area contributed by atoms with E-state index in [1.165, 1.54) is 0 Å². The number of carbonyl (C=O) groups is 2. The summed E-state index contributed by atoms with van der Waals surface area (Å²) in [7, 11) is 0. The Morgan fingerprint density at radius 3 is 2.68 bits per heavy atom. The average Bonchev–Trinajstić information content (AvgIpc) is 2.64. The highest BCUT2D eigenvalue weighted by Gasteiger charge is 2.20. The predicted octanol–water partition coefficient (Wildman–Crippen LogP) is 0.847. The molecule has 0 spiro atoms. The largest absolute Gasteiger partial charge is 0.394 e. The molecule has 0 radical (unpaired) electrons. The van der Waals surface area contributed by atoms with E-state index in [1.54, 1.807) is 29.2 Å². The summed E-state index contributed by atoms with van der Waals surface area (Å²) in [6, 6.07) is 6.69. The van der Waals surface area contributed by atoms with Crippen LogP contribution in [0.25, 0.3) is 0 Å². The zero-order valence-electron chi connectivity index (χ0n) is 14.8. The number of rotatable bonds is 7. The van der Waals surface area contributed by atoms with Crippen LogP contribution in [0.1, 0.15) is 30.6 Å². The topological polar surface area (TPSA) is 90.9 Å². The first-order chi connectivity index (χ1) is 12.0. The maximum Gasteiger partial charge on any atom is 0.251 e. The minimum absolute atomic E-state index is 0.0331. The summed E-state index contributed by atoms with van der Waals surface area (Å²) < 4.78 is 5.43. The molecule has 3 N–H and O–H groups in total. The third kappa shape index (κ3) is 5.72. The number of ether oxygens (including phenoxy) is 1. The molecule has 2 atom stereocenters. The number of morpholine rings is 1. The van der Waals surface area contributed by atoms with Crippen LogP contribution >= 0.6 is 0 Å². The van der Waals surface area contributed by atoms with Crippen molar-refractivity contribution in [3.05, 3.63) is 29.8 Å². The Kier molecular flexibility index (Phi) is 7.21. The molecule has 7 nitrogen and oxygen atoms in total. The minimum Gasteiger partial charge on any atom is -0.394 e. The zero-order valence-corrected chi connectivity index (χ0v) is 14.8. The van der Waals surface area contributed by atoms with Crippen molar-refractivity contribution in [3.8, 4) is 0 Å². The highest BCUT2D eigenvalue weighted by atomic mass is 16.5. The first-order valence-electron chi connectivity index (χ1n) is 8.68. The van der Waals surface area contributed by atoms with Crippen LogP contribution in [0, 0.1) is 0 Å². The molecule has 2 rings (SSSR count). The molecule has 0 aliphatic carbocycles. The summed E-state index contributed by atoms with van der Waals surface area (Å²) in [6.07, 6.45) is 0.741. The van der Waals surface area contributed by atoms with E-state index in [9.17, 15) is 9.59 Å². The molecule has 2 amide bonds. The lowest BCUT2D eigenvalue weighted by Crippen LogP contribution is -2.46. The van der Waals surface area contributed by atoms with Gasteiger partial charge in [-0.3, -0.25) is 9.59 Å². The molecule has 1 saturated heterocycles. The summed E-state index contributed by atoms with van der Waals surface area (Å²) in [5.74, 6) is -0.184. The molecule has 0 unspecified atom stereocenters. The number of nitrogens with one attached hydrogen (secondary N) is 2. The maximum absolute atomic E-state index is 12.2. The van der Waals surface area contributed by atoms with Gasteiger partial charge in [-0.25, -0.2) is 0 Å². The Balaban J connectivity index is 1.83. The van der Waals surface area contributed by atoms with Crippen molar-refractivity contribution >= 4 is 17.5 Å². The van der Waals surface area contributed by atoms with Gasteiger partial charge in [-0.15, -0.1) is 0 Å². The number of nitrogens with zero attached hydrogens (tertiary/aromatic N) is 1. The number of benzene rings is 1. The quantitative estimate of drug-likeness (QED) is 0.679. The molecule has 0 bridgehead atoms. The Bertz CT molecular complexity index is 572. The van der Waals surface area contributed by atoms with Gasteiger partial charge in [0.25, 0.3) is 5.91 Å². The van der Waals surface area contributed by atoms with Crippen molar-refractivity contribution in [1.29, 1.82) is 0 Å². The van der Waals surface area contributed by atoms with Gasteiger partial charge in [0.15, 0.2) is 0 Å². The lowest BCUT2D eigenvalue weighted by Gasteiger charge is -2.31. The van der Waals surface area contributed by atoms with Crippen LogP contribution in [-0.4, -0.2) is 66.8 Å². The lowest BCUT2D eigenvalue weighted by atomic mass is 10.1. The van der Waals surface area contributed by atoms with E-state index in [1.807, 2.05) is 13.8 Å². The fourth-order valence-corrected chi connectivity index (χ4v) is 2.62. The van der Waals surface area contributed by atoms with Gasteiger partial charge in [-0.1, -0.05) is 6.92 Å². The summed E-state index contributed by atoms with van der Waals surface area (Å²) in [5, 5.41) is 15.0. The van der Waals surface area contributed by atoms with Crippen LogP contribution in [0.2, 0.25) is 0 Å². The van der Waals surface area contributed by atoms with E-state index in [0.29, 0.717) is 31.7 Å². The van der Waals surface area contributed by atoms with E-state index in [-0.39, 0.29) is 37.1 Å². The normalized spacial score (nSPS) is 18.5. The molecule has 1 aliphatic rings. The second kappa shape index (κ2) is 9.39. The Hall–Kier alpha value is -2.12. The molecule has 138 valence electrons. The first-order valence-corrected chi connectivity index (χ1v) is 8.68. The molecular formula is C18H27N3O4. The Morgan fingerprint density at radius 1 is 1.36 bits per heavy atom. The summed E-state index contributed by atoms with van der Waals surface area (Å²) in [6.45, 7) is 5.79. The highest BCUT2D eigenvalue weighted by molar-refractivity contribution is 5.94. The van der Waals surface area contributed by atoms with Gasteiger partial charge in [0.05, 0.1) is 31.9 Å². The van der Waals surface area contributed by atoms with Crippen LogP contribution < -0.4 is 10.6 Å². The Morgan fingerprint density at radius 2 is 2.08 bits per heavy atom. The molecule has 1 aromatic rings. The van der Waals surface area contributed by atoms with Crippen molar-refractivity contribution in [2.75, 3.05) is 38.2 Å². The SMILES string of the molecule is CC[C@H](CO)NC(=O)c1ccc(NCC(=O)N2CCO[C@H](C)C2)cc1. The van der Waals surface area contributed by atoms with Gasteiger partial charge in [-0.05, 0) is 37.6 Å². The van der Waals surface area contributed by atoms with Gasteiger partial charge in [0, 0.05) is 24.3 Å². The standard InChI is InChI=1S/C18H27N3O4/c1-3-15(12-22)20-18(24)14-4-6-16(7-5-14)19-10-17(23)21-8-9-25-13(2)11-21/h4-7,13,15,19,22H,3,8-12H2,1-2H3,(H,20,24)/t13-,15-/m1/s1. The van der Waals surface area contributed by atoms with Crippen LogP contribution in [0.4, 0.5) is 5.69 Å². The van der Waals surface area contributed by atoms with Gasteiger partial charge in [0.1, 0.15) is 0 Å². The number of carbonyl (C=O) groups excluding carboxylic acids is 2. The zero-order chi connectivity index (χ0) is 18.2. The summed E-state index contributed by atoms with van der Waals surface area (Å²) >= 11 is 0. The van der Waals surface area contributed by atoms with Gasteiger partial charge in [0.2, 0.25) is 5.91 Å². The molecule has 0 saturated carbocycles. The lowest BCUT2D eigenvalue weighted by molar-refractivity contribution is -0.136. The number of hydrogen-bond donors (Lipinski definition) is 3. The van der Waals surface area contributed by atoms with Crippen molar-refractivity contribution in [2.24, 2.45) is 0 Å². The van der Waals surface area contributed by atoms with Crippen molar-refractivity contribution in [1.82, 2.24) is 10.2 Å². The number of anilines is 1. The molecule has 1 heterocycles. The van der Waals surface area contributed by atoms with Gasteiger partial charge >= 0.3 is 0 Å². The second-order valence-corrected chi connectivity index (χ2v) is 6.21. The van der Waals surface area contributed by atoms with E-state index >= 15 is 0 Å². The van der Waals surface area contributed by atoms with Gasteiger partial charge < -0.3 is 25.4 Å². The van der Waals surface area contributed by atoms with Crippen molar-refractivity contribution < 1.29 is 19.4 Å². The highest BCUT2D eigenvalue weighted by Crippen LogP contribution is 2.11. The number of hydrogen-bond acceptors (Lipinski definition) is 5. The molecular weight excluding hydrogens is 322 g/mol. The second-order valence-electron chi connectivity index (χ2n) is 6.21. The third-order valence-electron chi connectivity index (χ3n) is 4.23. The molecule has 1 fully saturated rings. The van der Waals surface area contributed by atoms with Crippen LogP contribution in [0.15, 0.2) is 24.3 Å².